The Morgan fingerprint density at radius 3 is 1.26 bits per heavy atom. The molecule has 0 aliphatic heterocycles. The summed E-state index contributed by atoms with van der Waals surface area (Å²) >= 11 is 0. The molecule has 0 radical (unpaired) electrons. The van der Waals surface area contributed by atoms with E-state index in [0.29, 0.717) is 6.42 Å². The van der Waals surface area contributed by atoms with E-state index in [4.69, 9.17) is 19.6 Å². The second kappa shape index (κ2) is 7.58. The van der Waals surface area contributed by atoms with Crippen molar-refractivity contribution in [3.8, 4) is 0 Å². The van der Waals surface area contributed by atoms with E-state index in [-0.39, 0.29) is 11.2 Å². The highest BCUT2D eigenvalue weighted by atomic mass is 17.3. The first-order valence-electron chi connectivity index (χ1n) is 7.33. The fraction of sp³-hybridized carbons (Fsp3) is 1.00. The molecule has 0 spiro atoms. The zero-order valence-corrected chi connectivity index (χ0v) is 14.0. The molecule has 0 fully saturated rings. The lowest BCUT2D eigenvalue weighted by molar-refractivity contribution is -0.540. The summed E-state index contributed by atoms with van der Waals surface area (Å²) in [7, 11) is 0. The van der Waals surface area contributed by atoms with Crippen molar-refractivity contribution in [2.75, 3.05) is 0 Å². The predicted molar refractivity (Wildman–Crippen MR) is 76.4 cm³/mol. The minimum Gasteiger partial charge on any atom is -0.228 e. The molecule has 4 nitrogen and oxygen atoms in total. The summed E-state index contributed by atoms with van der Waals surface area (Å²) in [4.78, 5) is 22.0. The summed E-state index contributed by atoms with van der Waals surface area (Å²) in [5.74, 6) is -0.881. The van der Waals surface area contributed by atoms with Crippen LogP contribution in [-0.4, -0.2) is 17.0 Å². The zero-order valence-electron chi connectivity index (χ0n) is 14.0. The minimum atomic E-state index is -0.881. The van der Waals surface area contributed by atoms with Crippen molar-refractivity contribution in [3.63, 3.8) is 0 Å². The van der Waals surface area contributed by atoms with Gasteiger partial charge in [0.2, 0.25) is 5.79 Å². The van der Waals surface area contributed by atoms with Crippen LogP contribution in [0.4, 0.5) is 0 Å². The Hall–Kier alpha value is -0.160. The van der Waals surface area contributed by atoms with Crippen LogP contribution in [0, 0.1) is 0 Å². The maximum Gasteiger partial charge on any atom is 0.231 e. The Morgan fingerprint density at radius 1 is 0.632 bits per heavy atom. The molecule has 0 heterocycles. The highest BCUT2D eigenvalue weighted by molar-refractivity contribution is 4.66. The standard InChI is InChI=1S/C15H32O4/c1-9-12-15(8,18-16-13(4,5)10-2)19-17-14(6,7)11-3/h9-12H2,1-8H3. The third-order valence-electron chi connectivity index (χ3n) is 3.29. The van der Waals surface area contributed by atoms with Gasteiger partial charge >= 0.3 is 0 Å². The molecule has 0 N–H and O–H groups in total. The quantitative estimate of drug-likeness (QED) is 0.327. The van der Waals surface area contributed by atoms with Crippen LogP contribution >= 0.6 is 0 Å². The Kier molecular flexibility index (Phi) is 7.51. The molecule has 0 bridgehead atoms. The molecule has 0 aromatic rings. The zero-order chi connectivity index (χ0) is 15.2. The highest BCUT2D eigenvalue weighted by Gasteiger charge is 2.33. The van der Waals surface area contributed by atoms with Gasteiger partial charge in [-0.15, -0.1) is 0 Å². The molecule has 0 aromatic carbocycles. The molecule has 0 aliphatic carbocycles. The number of hydrogen-bond donors (Lipinski definition) is 0. The summed E-state index contributed by atoms with van der Waals surface area (Å²) in [6.07, 6.45) is 3.34. The molecule has 0 atom stereocenters. The van der Waals surface area contributed by atoms with Gasteiger partial charge in [-0.2, -0.15) is 9.78 Å². The molecule has 4 heteroatoms. The smallest absolute Gasteiger partial charge is 0.228 e. The molecular formula is C15H32O4. The van der Waals surface area contributed by atoms with Gasteiger partial charge in [0, 0.05) is 6.42 Å². The summed E-state index contributed by atoms with van der Waals surface area (Å²) in [5, 5.41) is 0. The van der Waals surface area contributed by atoms with Crippen LogP contribution in [0.5, 0.6) is 0 Å². The molecule has 0 saturated heterocycles. The summed E-state index contributed by atoms with van der Waals surface area (Å²) in [6.45, 7) is 15.9. The van der Waals surface area contributed by atoms with Gasteiger partial charge in [-0.05, 0) is 47.5 Å². The lowest BCUT2D eigenvalue weighted by atomic mass is 10.1. The van der Waals surface area contributed by atoms with E-state index in [1.165, 1.54) is 0 Å². The van der Waals surface area contributed by atoms with Crippen LogP contribution in [0.3, 0.4) is 0 Å². The van der Waals surface area contributed by atoms with Crippen molar-refractivity contribution < 1.29 is 19.6 Å². The van der Waals surface area contributed by atoms with E-state index in [1.807, 2.05) is 34.6 Å². The van der Waals surface area contributed by atoms with Gasteiger partial charge < -0.3 is 0 Å². The molecule has 0 rings (SSSR count). The number of hydrogen-bond acceptors (Lipinski definition) is 4. The Morgan fingerprint density at radius 2 is 1.00 bits per heavy atom. The molecule has 0 saturated carbocycles. The van der Waals surface area contributed by atoms with E-state index in [0.717, 1.165) is 19.3 Å². The van der Waals surface area contributed by atoms with E-state index in [9.17, 15) is 0 Å². The summed E-state index contributed by atoms with van der Waals surface area (Å²) in [6, 6.07) is 0. The fourth-order valence-corrected chi connectivity index (χ4v) is 1.07. The first-order chi connectivity index (χ1) is 8.60. The lowest BCUT2D eigenvalue weighted by Gasteiger charge is -2.34. The molecular weight excluding hydrogens is 244 g/mol. The van der Waals surface area contributed by atoms with Gasteiger partial charge in [0.15, 0.2) is 0 Å². The van der Waals surface area contributed by atoms with Gasteiger partial charge in [-0.25, -0.2) is 9.78 Å². The maximum absolute atomic E-state index is 5.52. The monoisotopic (exact) mass is 276 g/mol. The lowest BCUT2D eigenvalue weighted by Crippen LogP contribution is -2.39. The van der Waals surface area contributed by atoms with Gasteiger partial charge in [0.1, 0.15) is 0 Å². The molecule has 0 amide bonds. The average molecular weight is 276 g/mol. The van der Waals surface area contributed by atoms with Crippen LogP contribution in [0.15, 0.2) is 0 Å². The van der Waals surface area contributed by atoms with Crippen LogP contribution in [0.1, 0.15) is 81.1 Å². The number of rotatable bonds is 10. The van der Waals surface area contributed by atoms with Crippen LogP contribution in [-0.2, 0) is 19.6 Å². The van der Waals surface area contributed by atoms with Gasteiger partial charge in [-0.1, -0.05) is 27.2 Å². The van der Waals surface area contributed by atoms with Crippen molar-refractivity contribution in [3.05, 3.63) is 0 Å². The summed E-state index contributed by atoms with van der Waals surface area (Å²) in [5.41, 5.74) is -0.669. The third kappa shape index (κ3) is 7.88. The Bertz CT molecular complexity index is 229. The fourth-order valence-electron chi connectivity index (χ4n) is 1.07. The average Bonchev–Trinajstić information content (AvgIpc) is 2.35. The van der Waals surface area contributed by atoms with E-state index in [1.54, 1.807) is 0 Å². The van der Waals surface area contributed by atoms with E-state index >= 15 is 0 Å². The highest BCUT2D eigenvalue weighted by Crippen LogP contribution is 2.27. The van der Waals surface area contributed by atoms with Crippen molar-refractivity contribution in [1.82, 2.24) is 0 Å². The topological polar surface area (TPSA) is 36.9 Å². The van der Waals surface area contributed by atoms with E-state index in [2.05, 4.69) is 20.8 Å². The van der Waals surface area contributed by atoms with Crippen molar-refractivity contribution in [2.45, 2.75) is 98.1 Å². The van der Waals surface area contributed by atoms with Crippen molar-refractivity contribution in [1.29, 1.82) is 0 Å². The second-order valence-electron chi connectivity index (χ2n) is 6.44. The Balaban J connectivity index is 4.49. The molecule has 116 valence electrons. The minimum absolute atomic E-state index is 0.335. The van der Waals surface area contributed by atoms with Crippen LogP contribution in [0.25, 0.3) is 0 Å². The van der Waals surface area contributed by atoms with Gasteiger partial charge in [0.25, 0.3) is 0 Å². The van der Waals surface area contributed by atoms with E-state index < -0.39 is 5.79 Å². The van der Waals surface area contributed by atoms with Gasteiger partial charge in [0.05, 0.1) is 11.2 Å². The Labute approximate surface area is 118 Å². The SMILES string of the molecule is CCCC(C)(OOC(C)(C)CC)OOC(C)(C)CC. The van der Waals surface area contributed by atoms with Crippen LogP contribution in [0.2, 0.25) is 0 Å². The van der Waals surface area contributed by atoms with Crippen LogP contribution < -0.4 is 0 Å². The largest absolute Gasteiger partial charge is 0.231 e. The summed E-state index contributed by atoms with van der Waals surface area (Å²) < 4.78 is 0. The normalized spacial score (nSPS) is 13.9. The first kappa shape index (κ1) is 18.8. The predicted octanol–water partition coefficient (Wildman–Crippen LogP) is 4.78. The second-order valence-corrected chi connectivity index (χ2v) is 6.44. The third-order valence-corrected chi connectivity index (χ3v) is 3.29. The molecule has 0 aromatic heterocycles. The maximum atomic E-state index is 5.52. The van der Waals surface area contributed by atoms with Gasteiger partial charge in [-0.3, -0.25) is 0 Å². The molecule has 19 heavy (non-hydrogen) atoms. The molecule has 0 aliphatic rings. The first-order valence-corrected chi connectivity index (χ1v) is 7.33. The van der Waals surface area contributed by atoms with Crippen molar-refractivity contribution in [2.24, 2.45) is 0 Å². The van der Waals surface area contributed by atoms with Crippen molar-refractivity contribution >= 4 is 0 Å². The molecule has 0 unspecified atom stereocenters.